The van der Waals surface area contributed by atoms with Gasteiger partial charge in [0.25, 0.3) is 0 Å². The van der Waals surface area contributed by atoms with Gasteiger partial charge in [0.05, 0.1) is 19.2 Å². The number of anilines is 1. The summed E-state index contributed by atoms with van der Waals surface area (Å²) in [6.07, 6.45) is 3.69. The van der Waals surface area contributed by atoms with E-state index in [1.54, 1.807) is 38.4 Å². The highest BCUT2D eigenvalue weighted by Crippen LogP contribution is 2.38. The van der Waals surface area contributed by atoms with Crippen LogP contribution in [0.5, 0.6) is 23.0 Å². The predicted molar refractivity (Wildman–Crippen MR) is 133 cm³/mol. The molecule has 1 aliphatic rings. The smallest absolute Gasteiger partial charge is 0.313 e. The average Bonchev–Trinajstić information content (AvgIpc) is 2.89. The van der Waals surface area contributed by atoms with Crippen LogP contribution >= 0.6 is 0 Å². The Hall–Kier alpha value is -3.92. The topological polar surface area (TPSA) is 111 Å². The zero-order valence-corrected chi connectivity index (χ0v) is 20.2. The maximum Gasteiger partial charge on any atom is 0.313 e. The van der Waals surface area contributed by atoms with Crippen LogP contribution in [0.4, 0.5) is 10.1 Å². The van der Waals surface area contributed by atoms with Crippen LogP contribution in [0, 0.1) is 11.7 Å². The number of nitrogens with zero attached hydrogens (tertiary/aromatic N) is 1. The van der Waals surface area contributed by atoms with Crippen molar-refractivity contribution in [3.8, 4) is 23.0 Å². The Morgan fingerprint density at radius 1 is 1.06 bits per heavy atom. The molecule has 0 aliphatic carbocycles. The number of halogens is 1. The molecule has 3 N–H and O–H groups in total. The van der Waals surface area contributed by atoms with Crippen molar-refractivity contribution >= 4 is 28.4 Å². The number of pyridine rings is 1. The van der Waals surface area contributed by atoms with Crippen molar-refractivity contribution in [3.63, 3.8) is 0 Å². The summed E-state index contributed by atoms with van der Waals surface area (Å²) in [7, 11) is 1.56. The molecule has 0 bridgehead atoms. The summed E-state index contributed by atoms with van der Waals surface area (Å²) in [5.41, 5.74) is 0.743. The van der Waals surface area contributed by atoms with Crippen molar-refractivity contribution in [3.05, 3.63) is 48.4 Å². The van der Waals surface area contributed by atoms with Gasteiger partial charge in [0, 0.05) is 35.9 Å². The first-order valence-corrected chi connectivity index (χ1v) is 11.8. The number of amides is 2. The molecule has 0 saturated carbocycles. The third-order valence-corrected chi connectivity index (χ3v) is 5.87. The van der Waals surface area contributed by atoms with E-state index in [9.17, 15) is 14.0 Å². The van der Waals surface area contributed by atoms with Crippen molar-refractivity contribution in [2.75, 3.05) is 38.7 Å². The van der Waals surface area contributed by atoms with Gasteiger partial charge in [0.2, 0.25) is 0 Å². The number of rotatable bonds is 8. The highest BCUT2D eigenvalue weighted by atomic mass is 19.1. The number of piperidine rings is 1. The van der Waals surface area contributed by atoms with Gasteiger partial charge in [-0.05, 0) is 63.0 Å². The number of ether oxygens (including phenoxy) is 3. The molecule has 0 atom stereocenters. The lowest BCUT2D eigenvalue weighted by Gasteiger charge is -2.23. The third-order valence-electron chi connectivity index (χ3n) is 5.87. The summed E-state index contributed by atoms with van der Waals surface area (Å²) in [6.45, 7) is 4.57. The number of hydrogen-bond acceptors (Lipinski definition) is 7. The molecule has 2 amide bonds. The molecule has 2 aromatic carbocycles. The fourth-order valence-corrected chi connectivity index (χ4v) is 3.95. The first-order chi connectivity index (χ1) is 17.5. The maximum atomic E-state index is 14.8. The van der Waals surface area contributed by atoms with Crippen molar-refractivity contribution < 1.29 is 28.2 Å². The highest BCUT2D eigenvalue weighted by Gasteiger charge is 2.18. The molecule has 1 aromatic heterocycles. The Morgan fingerprint density at radius 2 is 1.86 bits per heavy atom. The van der Waals surface area contributed by atoms with E-state index in [4.69, 9.17) is 14.2 Å². The molecule has 1 aliphatic heterocycles. The van der Waals surface area contributed by atoms with Crippen LogP contribution in [0.3, 0.4) is 0 Å². The first-order valence-electron chi connectivity index (χ1n) is 11.8. The average molecular weight is 497 g/mol. The second-order valence-corrected chi connectivity index (χ2v) is 8.39. The quantitative estimate of drug-likeness (QED) is 0.409. The normalized spacial score (nSPS) is 13.8. The molecular weight excluding hydrogens is 467 g/mol. The summed E-state index contributed by atoms with van der Waals surface area (Å²) in [6, 6.07) is 9.09. The highest BCUT2D eigenvalue weighted by molar-refractivity contribution is 6.39. The standard InChI is InChI=1S/C26H29FN4O5/c1-3-29-25(32)26(33)31-17-4-5-22(19(27)12-17)36-21-8-11-30-20-14-24(23(34-2)13-18(20)21)35-15-16-6-9-28-10-7-16/h4-5,8,11-14,16,28H,3,6-7,9-10,15H2,1-2H3,(H,29,32)(H,31,33). The fourth-order valence-electron chi connectivity index (χ4n) is 3.95. The number of hydrogen-bond donors (Lipinski definition) is 3. The monoisotopic (exact) mass is 496 g/mol. The van der Waals surface area contributed by atoms with Gasteiger partial charge in [-0.1, -0.05) is 0 Å². The van der Waals surface area contributed by atoms with Crippen LogP contribution in [-0.4, -0.2) is 50.1 Å². The molecule has 9 nitrogen and oxygen atoms in total. The molecule has 3 aromatic rings. The second kappa shape index (κ2) is 11.7. The molecule has 4 rings (SSSR count). The van der Waals surface area contributed by atoms with Gasteiger partial charge in [-0.25, -0.2) is 4.39 Å². The molecule has 2 heterocycles. The molecule has 1 fully saturated rings. The van der Waals surface area contributed by atoms with E-state index in [-0.39, 0.29) is 11.4 Å². The van der Waals surface area contributed by atoms with Gasteiger partial charge in [-0.15, -0.1) is 0 Å². The Morgan fingerprint density at radius 3 is 2.58 bits per heavy atom. The van der Waals surface area contributed by atoms with Crippen LogP contribution in [-0.2, 0) is 9.59 Å². The summed E-state index contributed by atoms with van der Waals surface area (Å²) >= 11 is 0. The van der Waals surface area contributed by atoms with Crippen LogP contribution in [0.1, 0.15) is 19.8 Å². The fraction of sp³-hybridized carbons (Fsp3) is 0.346. The Labute approximate surface area is 208 Å². The zero-order valence-electron chi connectivity index (χ0n) is 20.2. The minimum atomic E-state index is -0.879. The Bertz CT molecular complexity index is 1250. The number of fused-ring (bicyclic) bond motifs is 1. The van der Waals surface area contributed by atoms with Gasteiger partial charge in [0.1, 0.15) is 5.75 Å². The Balaban J connectivity index is 1.52. The first kappa shape index (κ1) is 25.2. The van der Waals surface area contributed by atoms with Crippen molar-refractivity contribution in [1.29, 1.82) is 0 Å². The molecule has 0 spiro atoms. The summed E-state index contributed by atoms with van der Waals surface area (Å²) in [5.74, 6) is -0.465. The van der Waals surface area contributed by atoms with Gasteiger partial charge >= 0.3 is 11.8 Å². The molecule has 1 saturated heterocycles. The number of nitrogens with one attached hydrogen (secondary N) is 3. The number of likely N-dealkylation sites (N-methyl/N-ethyl adjacent to an activating group) is 1. The third kappa shape index (κ3) is 6.01. The van der Waals surface area contributed by atoms with E-state index >= 15 is 0 Å². The van der Waals surface area contributed by atoms with Crippen LogP contribution in [0.2, 0.25) is 0 Å². The van der Waals surface area contributed by atoms with Gasteiger partial charge in [-0.2, -0.15) is 0 Å². The minimum absolute atomic E-state index is 0.0521. The van der Waals surface area contributed by atoms with Crippen molar-refractivity contribution in [1.82, 2.24) is 15.6 Å². The SMILES string of the molecule is CCNC(=O)C(=O)Nc1ccc(Oc2ccnc3cc(OCC4CCNCC4)c(OC)cc23)c(F)c1. The summed E-state index contributed by atoms with van der Waals surface area (Å²) in [5, 5.41) is 8.70. The van der Waals surface area contributed by atoms with Crippen LogP contribution < -0.4 is 30.2 Å². The van der Waals surface area contributed by atoms with E-state index in [1.807, 2.05) is 0 Å². The molecule has 0 radical (unpaired) electrons. The molecule has 190 valence electrons. The van der Waals surface area contributed by atoms with Crippen LogP contribution in [0.15, 0.2) is 42.6 Å². The van der Waals surface area contributed by atoms with Crippen molar-refractivity contribution in [2.24, 2.45) is 5.92 Å². The van der Waals surface area contributed by atoms with Crippen LogP contribution in [0.25, 0.3) is 10.9 Å². The predicted octanol–water partition coefficient (Wildman–Crippen LogP) is 3.63. The number of carbonyl (C=O) groups is 2. The molecule has 10 heteroatoms. The minimum Gasteiger partial charge on any atom is -0.493 e. The second-order valence-electron chi connectivity index (χ2n) is 8.39. The number of carbonyl (C=O) groups excluding carboxylic acids is 2. The molecule has 36 heavy (non-hydrogen) atoms. The van der Waals surface area contributed by atoms with E-state index in [0.717, 1.165) is 32.0 Å². The van der Waals surface area contributed by atoms with Gasteiger partial charge in [-0.3, -0.25) is 14.6 Å². The number of aromatic nitrogens is 1. The summed E-state index contributed by atoms with van der Waals surface area (Å²) < 4.78 is 32.3. The summed E-state index contributed by atoms with van der Waals surface area (Å²) in [4.78, 5) is 27.9. The van der Waals surface area contributed by atoms with E-state index < -0.39 is 17.6 Å². The van der Waals surface area contributed by atoms with E-state index in [1.165, 1.54) is 12.1 Å². The lowest BCUT2D eigenvalue weighted by atomic mass is 9.99. The lowest BCUT2D eigenvalue weighted by molar-refractivity contribution is -0.136. The Kier molecular flexibility index (Phi) is 8.17. The lowest BCUT2D eigenvalue weighted by Crippen LogP contribution is -2.35. The molecular formula is C26H29FN4O5. The van der Waals surface area contributed by atoms with Gasteiger partial charge in [0.15, 0.2) is 23.1 Å². The zero-order chi connectivity index (χ0) is 25.5. The van der Waals surface area contributed by atoms with Gasteiger partial charge < -0.3 is 30.2 Å². The maximum absolute atomic E-state index is 14.8. The molecule has 0 unspecified atom stereocenters. The van der Waals surface area contributed by atoms with Crippen molar-refractivity contribution in [2.45, 2.75) is 19.8 Å². The van der Waals surface area contributed by atoms with E-state index in [2.05, 4.69) is 20.9 Å². The largest absolute Gasteiger partial charge is 0.493 e. The number of methoxy groups -OCH3 is 1. The number of benzene rings is 2. The van der Waals surface area contributed by atoms with E-state index in [0.29, 0.717) is 47.2 Å².